The molecule has 6 aromatic rings. The average Bonchev–Trinajstić information content (AvgIpc) is 3.60. The third-order valence-corrected chi connectivity index (χ3v) is 6.83. The van der Waals surface area contributed by atoms with E-state index in [-0.39, 0.29) is 12.5 Å². The summed E-state index contributed by atoms with van der Waals surface area (Å²) in [6, 6.07) is 8.32. The SMILES string of the molecule is CN(C)CCOc1cc(F)cc(-c2cncc3[nH]c(-c4n[nH]c5cnc(-c6cncc(NC(=O)CN(C)C)c6)cc45)nc23)c1. The van der Waals surface area contributed by atoms with Crippen molar-refractivity contribution >= 4 is 33.5 Å². The minimum absolute atomic E-state index is 0.139. The average molecular weight is 595 g/mol. The predicted molar refractivity (Wildman–Crippen MR) is 167 cm³/mol. The largest absolute Gasteiger partial charge is 0.492 e. The van der Waals surface area contributed by atoms with Gasteiger partial charge >= 0.3 is 0 Å². The van der Waals surface area contributed by atoms with Crippen LogP contribution in [0, 0.1) is 5.82 Å². The normalized spacial score (nSPS) is 11.6. The fraction of sp³-hybridized carbons (Fsp3) is 0.226. The summed E-state index contributed by atoms with van der Waals surface area (Å²) >= 11 is 0. The van der Waals surface area contributed by atoms with Gasteiger partial charge in [-0.3, -0.25) is 24.8 Å². The topological polar surface area (TPSA) is 141 Å². The van der Waals surface area contributed by atoms with E-state index in [0.29, 0.717) is 64.0 Å². The number of benzene rings is 1. The van der Waals surface area contributed by atoms with Crippen LogP contribution in [-0.4, -0.2) is 98.7 Å². The number of pyridine rings is 3. The fourth-order valence-electron chi connectivity index (χ4n) is 4.80. The maximum atomic E-state index is 14.6. The van der Waals surface area contributed by atoms with Gasteiger partial charge in [0.05, 0.1) is 53.1 Å². The molecule has 5 heterocycles. The lowest BCUT2D eigenvalue weighted by molar-refractivity contribution is -0.116. The number of aromatic amines is 2. The molecule has 0 aliphatic heterocycles. The molecule has 0 atom stereocenters. The van der Waals surface area contributed by atoms with Crippen LogP contribution in [0.1, 0.15) is 0 Å². The fourth-order valence-corrected chi connectivity index (χ4v) is 4.80. The van der Waals surface area contributed by atoms with E-state index in [1.54, 1.807) is 42.0 Å². The van der Waals surface area contributed by atoms with E-state index in [0.717, 1.165) is 16.5 Å². The number of hydrogen-bond donors (Lipinski definition) is 3. The van der Waals surface area contributed by atoms with Crippen molar-refractivity contribution in [3.8, 4) is 39.7 Å². The molecule has 224 valence electrons. The zero-order chi connectivity index (χ0) is 30.8. The van der Waals surface area contributed by atoms with Crippen LogP contribution in [0.15, 0.2) is 61.3 Å². The molecular formula is C31H31FN10O2. The molecule has 0 bridgehead atoms. The Balaban J connectivity index is 1.33. The summed E-state index contributed by atoms with van der Waals surface area (Å²) in [5.41, 5.74) is 5.81. The Kier molecular flexibility index (Phi) is 7.96. The van der Waals surface area contributed by atoms with Gasteiger partial charge in [0.2, 0.25) is 5.91 Å². The number of rotatable bonds is 10. The monoisotopic (exact) mass is 594 g/mol. The van der Waals surface area contributed by atoms with Crippen molar-refractivity contribution in [1.82, 2.24) is 44.9 Å². The first-order valence-corrected chi connectivity index (χ1v) is 13.9. The predicted octanol–water partition coefficient (Wildman–Crippen LogP) is 4.20. The summed E-state index contributed by atoms with van der Waals surface area (Å²) in [6.07, 6.45) is 8.31. The van der Waals surface area contributed by atoms with E-state index in [1.807, 2.05) is 45.2 Å². The Bertz CT molecular complexity index is 1970. The maximum Gasteiger partial charge on any atom is 0.238 e. The van der Waals surface area contributed by atoms with Gasteiger partial charge in [0.1, 0.15) is 23.9 Å². The number of aromatic nitrogens is 7. The van der Waals surface area contributed by atoms with Crippen molar-refractivity contribution < 1.29 is 13.9 Å². The van der Waals surface area contributed by atoms with Crippen LogP contribution in [0.4, 0.5) is 10.1 Å². The summed E-state index contributed by atoms with van der Waals surface area (Å²) in [7, 11) is 7.56. The first-order chi connectivity index (χ1) is 21.2. The Labute approximate surface area is 252 Å². The van der Waals surface area contributed by atoms with E-state index in [1.165, 1.54) is 12.1 Å². The maximum absolute atomic E-state index is 14.6. The second-order valence-corrected chi connectivity index (χ2v) is 10.9. The van der Waals surface area contributed by atoms with Crippen LogP contribution in [0.5, 0.6) is 5.75 Å². The number of anilines is 1. The molecule has 44 heavy (non-hydrogen) atoms. The molecule has 0 saturated heterocycles. The zero-order valence-corrected chi connectivity index (χ0v) is 24.7. The van der Waals surface area contributed by atoms with E-state index < -0.39 is 5.82 Å². The van der Waals surface area contributed by atoms with Gasteiger partial charge in [-0.15, -0.1) is 0 Å². The number of amides is 1. The molecule has 6 rings (SSSR count). The quantitative estimate of drug-likeness (QED) is 0.213. The van der Waals surface area contributed by atoms with Crippen LogP contribution in [-0.2, 0) is 4.79 Å². The van der Waals surface area contributed by atoms with Crippen molar-refractivity contribution in [2.75, 3.05) is 53.2 Å². The molecule has 3 N–H and O–H groups in total. The summed E-state index contributed by atoms with van der Waals surface area (Å²) in [5.74, 6) is 0.395. The van der Waals surface area contributed by atoms with Gasteiger partial charge in [0, 0.05) is 41.5 Å². The number of likely N-dealkylation sites (N-methyl/N-ethyl adjacent to an activating group) is 2. The van der Waals surface area contributed by atoms with Crippen molar-refractivity contribution in [3.05, 3.63) is 67.1 Å². The Morgan fingerprint density at radius 2 is 1.77 bits per heavy atom. The van der Waals surface area contributed by atoms with Crippen LogP contribution in [0.2, 0.25) is 0 Å². The molecule has 12 nitrogen and oxygen atoms in total. The van der Waals surface area contributed by atoms with Crippen LogP contribution < -0.4 is 10.1 Å². The number of nitrogens with zero attached hydrogens (tertiary/aromatic N) is 7. The molecule has 0 fully saturated rings. The molecule has 0 unspecified atom stereocenters. The lowest BCUT2D eigenvalue weighted by Crippen LogP contribution is -2.27. The number of imidazole rings is 1. The highest BCUT2D eigenvalue weighted by atomic mass is 19.1. The van der Waals surface area contributed by atoms with E-state index in [4.69, 9.17) is 9.72 Å². The molecule has 0 aliphatic rings. The second kappa shape index (κ2) is 12.1. The number of fused-ring (bicyclic) bond motifs is 2. The third-order valence-electron chi connectivity index (χ3n) is 6.83. The summed E-state index contributed by atoms with van der Waals surface area (Å²) in [5, 5.41) is 11.2. The highest BCUT2D eigenvalue weighted by Crippen LogP contribution is 2.33. The molecule has 5 aromatic heterocycles. The minimum Gasteiger partial charge on any atom is -0.492 e. The number of nitrogens with one attached hydrogen (secondary N) is 3. The number of carbonyl (C=O) groups excluding carboxylic acids is 1. The van der Waals surface area contributed by atoms with Crippen molar-refractivity contribution in [2.24, 2.45) is 0 Å². The van der Waals surface area contributed by atoms with E-state index in [2.05, 4.69) is 35.5 Å². The smallest absolute Gasteiger partial charge is 0.238 e. The summed E-state index contributed by atoms with van der Waals surface area (Å²) in [4.78, 5) is 37.4. The Morgan fingerprint density at radius 1 is 0.932 bits per heavy atom. The number of hydrogen-bond acceptors (Lipinski definition) is 9. The molecule has 1 amide bonds. The summed E-state index contributed by atoms with van der Waals surface area (Å²) < 4.78 is 20.4. The Morgan fingerprint density at radius 3 is 2.59 bits per heavy atom. The van der Waals surface area contributed by atoms with Crippen molar-refractivity contribution in [2.45, 2.75) is 0 Å². The number of H-pyrrole nitrogens is 2. The van der Waals surface area contributed by atoms with Gasteiger partial charge in [-0.2, -0.15) is 5.10 Å². The van der Waals surface area contributed by atoms with Crippen LogP contribution >= 0.6 is 0 Å². The van der Waals surface area contributed by atoms with Crippen molar-refractivity contribution in [1.29, 1.82) is 0 Å². The first kappa shape index (κ1) is 28.8. The van der Waals surface area contributed by atoms with Crippen molar-refractivity contribution in [3.63, 3.8) is 0 Å². The summed E-state index contributed by atoms with van der Waals surface area (Å²) in [6.45, 7) is 1.39. The second-order valence-electron chi connectivity index (χ2n) is 10.9. The molecule has 0 aliphatic carbocycles. The molecular weight excluding hydrogens is 563 g/mol. The Hall–Kier alpha value is -5.27. The molecule has 13 heteroatoms. The minimum atomic E-state index is -0.413. The molecule has 1 aromatic carbocycles. The van der Waals surface area contributed by atoms with E-state index >= 15 is 0 Å². The van der Waals surface area contributed by atoms with Gasteiger partial charge < -0.3 is 24.8 Å². The highest BCUT2D eigenvalue weighted by Gasteiger charge is 2.18. The standard InChI is InChI=1S/C31H31FN10O2/c1-41(2)5-6-44-22-9-18(7-20(32)10-22)24-14-34-15-27-29(24)38-31(37-27)30-23-11-25(35-16-26(23)39-40-30)19-8-21(13-33-12-19)36-28(43)17-42(3)4/h7-16H,5-6,17H2,1-4H3,(H,36,43)(H,37,38)(H,39,40). The highest BCUT2D eigenvalue weighted by molar-refractivity contribution is 5.98. The van der Waals surface area contributed by atoms with Gasteiger partial charge in [-0.05, 0) is 58.0 Å². The zero-order valence-electron chi connectivity index (χ0n) is 24.7. The van der Waals surface area contributed by atoms with E-state index in [9.17, 15) is 9.18 Å². The third kappa shape index (κ3) is 6.23. The lowest BCUT2D eigenvalue weighted by Gasteiger charge is -2.12. The molecule has 0 saturated carbocycles. The molecule has 0 spiro atoms. The van der Waals surface area contributed by atoms with Crippen LogP contribution in [0.25, 0.3) is 55.8 Å². The van der Waals surface area contributed by atoms with Crippen LogP contribution in [0.3, 0.4) is 0 Å². The number of ether oxygens (including phenoxy) is 1. The van der Waals surface area contributed by atoms with Gasteiger partial charge in [0.15, 0.2) is 5.82 Å². The number of halogens is 1. The van der Waals surface area contributed by atoms with Gasteiger partial charge in [-0.1, -0.05) is 0 Å². The first-order valence-electron chi connectivity index (χ1n) is 13.9. The lowest BCUT2D eigenvalue weighted by atomic mass is 10.1. The molecule has 0 radical (unpaired) electrons. The van der Waals surface area contributed by atoms with Gasteiger partial charge in [0.25, 0.3) is 0 Å². The van der Waals surface area contributed by atoms with Gasteiger partial charge in [-0.25, -0.2) is 9.37 Å². The number of carbonyl (C=O) groups is 1.